The molecule has 0 radical (unpaired) electrons. The molecule has 2 aliphatic rings. The number of likely N-dealkylation sites (tertiary alicyclic amines) is 1. The van der Waals surface area contributed by atoms with Crippen molar-refractivity contribution >= 4 is 5.65 Å². The van der Waals surface area contributed by atoms with Gasteiger partial charge in [-0.15, -0.1) is 0 Å². The lowest BCUT2D eigenvalue weighted by Crippen LogP contribution is -2.52. The highest BCUT2D eigenvalue weighted by Gasteiger charge is 2.40. The minimum atomic E-state index is -0.367. The zero-order valence-corrected chi connectivity index (χ0v) is 14.4. The maximum atomic E-state index is 14.0. The summed E-state index contributed by atoms with van der Waals surface area (Å²) < 4.78 is 21.5. The van der Waals surface area contributed by atoms with Crippen LogP contribution in [-0.2, 0) is 11.3 Å². The van der Waals surface area contributed by atoms with E-state index in [-0.39, 0.29) is 11.4 Å². The first kappa shape index (κ1) is 15.8. The highest BCUT2D eigenvalue weighted by Crippen LogP contribution is 2.37. The van der Waals surface area contributed by atoms with Gasteiger partial charge in [0.15, 0.2) is 5.65 Å². The number of nitrogens with zero attached hydrogens (tertiary/aromatic N) is 5. The van der Waals surface area contributed by atoms with Crippen molar-refractivity contribution in [1.82, 2.24) is 24.5 Å². The van der Waals surface area contributed by atoms with Crippen molar-refractivity contribution < 1.29 is 9.13 Å². The molecule has 26 heavy (non-hydrogen) atoms. The van der Waals surface area contributed by atoms with Crippen molar-refractivity contribution in [2.24, 2.45) is 0 Å². The molecule has 0 bridgehead atoms. The molecule has 0 amide bonds. The Bertz CT molecular complexity index is 942. The maximum absolute atomic E-state index is 14.0. The Morgan fingerprint density at radius 3 is 2.69 bits per heavy atom. The van der Waals surface area contributed by atoms with Gasteiger partial charge in [0.2, 0.25) is 0 Å². The van der Waals surface area contributed by atoms with Crippen LogP contribution in [0.1, 0.15) is 24.8 Å². The standard InChI is InChI=1S/C19H20FN5O/c20-17-11-21-5-1-15(17)16-10-23-25-13-14(9-22-18(16)25)12-24-6-2-19(3-7-24)4-8-26-19/h1,5,9-11,13H,2-4,6-8,12H2. The molecule has 2 aliphatic heterocycles. The average Bonchev–Trinajstić information content (AvgIpc) is 3.05. The summed E-state index contributed by atoms with van der Waals surface area (Å²) in [7, 11) is 0. The Labute approximate surface area is 150 Å². The van der Waals surface area contributed by atoms with Crippen molar-refractivity contribution in [3.63, 3.8) is 0 Å². The Kier molecular flexibility index (Phi) is 3.72. The summed E-state index contributed by atoms with van der Waals surface area (Å²) in [5.74, 6) is -0.367. The van der Waals surface area contributed by atoms with E-state index in [1.165, 1.54) is 12.6 Å². The summed E-state index contributed by atoms with van der Waals surface area (Å²) in [6.45, 7) is 3.85. The topological polar surface area (TPSA) is 55.5 Å². The lowest BCUT2D eigenvalue weighted by atomic mass is 9.84. The van der Waals surface area contributed by atoms with Gasteiger partial charge in [0.25, 0.3) is 0 Å². The van der Waals surface area contributed by atoms with Gasteiger partial charge >= 0.3 is 0 Å². The number of halogens is 1. The van der Waals surface area contributed by atoms with E-state index in [0.29, 0.717) is 16.8 Å². The lowest BCUT2D eigenvalue weighted by Gasteiger charge is -2.47. The molecule has 134 valence electrons. The molecular formula is C19H20FN5O. The van der Waals surface area contributed by atoms with Crippen molar-refractivity contribution in [2.75, 3.05) is 19.7 Å². The molecule has 2 saturated heterocycles. The number of piperidine rings is 1. The molecule has 3 aromatic rings. The molecule has 5 rings (SSSR count). The molecule has 0 atom stereocenters. The first-order valence-corrected chi connectivity index (χ1v) is 9.01. The molecule has 1 spiro atoms. The second kappa shape index (κ2) is 6.10. The monoisotopic (exact) mass is 353 g/mol. The Balaban J connectivity index is 1.35. The molecule has 0 aromatic carbocycles. The summed E-state index contributed by atoms with van der Waals surface area (Å²) >= 11 is 0. The van der Waals surface area contributed by atoms with Crippen LogP contribution >= 0.6 is 0 Å². The molecule has 6 nitrogen and oxygen atoms in total. The van der Waals surface area contributed by atoms with Gasteiger partial charge in [0.05, 0.1) is 24.6 Å². The second-order valence-corrected chi connectivity index (χ2v) is 7.20. The Morgan fingerprint density at radius 1 is 1.12 bits per heavy atom. The van der Waals surface area contributed by atoms with Gasteiger partial charge in [-0.05, 0) is 25.3 Å². The number of aromatic nitrogens is 4. The van der Waals surface area contributed by atoms with Crippen LogP contribution in [0.2, 0.25) is 0 Å². The van der Waals surface area contributed by atoms with Gasteiger partial charge in [-0.2, -0.15) is 5.10 Å². The summed E-state index contributed by atoms with van der Waals surface area (Å²) in [6.07, 6.45) is 11.7. The van der Waals surface area contributed by atoms with Gasteiger partial charge in [-0.25, -0.2) is 13.9 Å². The SMILES string of the molecule is Fc1cnccc1-c1cnn2cc(CN3CCC4(CCO4)CC3)cnc12. The van der Waals surface area contributed by atoms with Crippen LogP contribution < -0.4 is 0 Å². The van der Waals surface area contributed by atoms with Crippen LogP contribution in [0.25, 0.3) is 16.8 Å². The molecule has 3 aromatic heterocycles. The molecule has 0 aliphatic carbocycles. The first-order chi connectivity index (χ1) is 12.7. The number of hydrogen-bond acceptors (Lipinski definition) is 5. The third-order valence-electron chi connectivity index (χ3n) is 5.61. The fourth-order valence-electron chi connectivity index (χ4n) is 3.94. The molecular weight excluding hydrogens is 333 g/mol. The van der Waals surface area contributed by atoms with E-state index in [2.05, 4.69) is 20.0 Å². The summed E-state index contributed by atoms with van der Waals surface area (Å²) in [6, 6.07) is 1.65. The van der Waals surface area contributed by atoms with Crippen LogP contribution in [0.5, 0.6) is 0 Å². The Hall–Kier alpha value is -2.38. The highest BCUT2D eigenvalue weighted by atomic mass is 19.1. The average molecular weight is 353 g/mol. The van der Waals surface area contributed by atoms with Gasteiger partial charge in [0, 0.05) is 54.9 Å². The molecule has 2 fully saturated rings. The number of pyridine rings is 1. The normalized spacial score (nSPS) is 19.7. The van der Waals surface area contributed by atoms with Crippen LogP contribution in [-0.4, -0.2) is 49.8 Å². The predicted octanol–water partition coefficient (Wildman–Crippen LogP) is 2.69. The minimum Gasteiger partial charge on any atom is -0.375 e. The summed E-state index contributed by atoms with van der Waals surface area (Å²) in [4.78, 5) is 10.8. The molecule has 5 heterocycles. The van der Waals surface area contributed by atoms with E-state index in [4.69, 9.17) is 4.74 Å². The summed E-state index contributed by atoms with van der Waals surface area (Å²) in [5.41, 5.74) is 3.08. The molecule has 0 N–H and O–H groups in total. The zero-order valence-electron chi connectivity index (χ0n) is 14.4. The van der Waals surface area contributed by atoms with Crippen LogP contribution in [0, 0.1) is 5.82 Å². The first-order valence-electron chi connectivity index (χ1n) is 9.01. The Morgan fingerprint density at radius 2 is 1.96 bits per heavy atom. The number of fused-ring (bicyclic) bond motifs is 1. The summed E-state index contributed by atoms with van der Waals surface area (Å²) in [5, 5.41) is 4.36. The molecule has 0 unspecified atom stereocenters. The maximum Gasteiger partial charge on any atom is 0.162 e. The molecule has 7 heteroatoms. The second-order valence-electron chi connectivity index (χ2n) is 7.20. The number of ether oxygens (including phenoxy) is 1. The van der Waals surface area contributed by atoms with E-state index >= 15 is 0 Å². The van der Waals surface area contributed by atoms with E-state index in [0.717, 1.165) is 44.6 Å². The van der Waals surface area contributed by atoms with Crippen molar-refractivity contribution in [3.05, 3.63) is 48.4 Å². The third-order valence-corrected chi connectivity index (χ3v) is 5.61. The van der Waals surface area contributed by atoms with Crippen LogP contribution in [0.4, 0.5) is 4.39 Å². The number of rotatable bonds is 3. The van der Waals surface area contributed by atoms with Gasteiger partial charge in [0.1, 0.15) is 5.82 Å². The van der Waals surface area contributed by atoms with E-state index in [1.54, 1.807) is 23.0 Å². The minimum absolute atomic E-state index is 0.171. The predicted molar refractivity (Wildman–Crippen MR) is 94.0 cm³/mol. The lowest BCUT2D eigenvalue weighted by molar-refractivity contribution is -0.173. The smallest absolute Gasteiger partial charge is 0.162 e. The fourth-order valence-corrected chi connectivity index (χ4v) is 3.94. The number of hydrogen-bond donors (Lipinski definition) is 0. The van der Waals surface area contributed by atoms with Gasteiger partial charge in [-0.3, -0.25) is 9.88 Å². The van der Waals surface area contributed by atoms with E-state index in [1.807, 2.05) is 12.4 Å². The highest BCUT2D eigenvalue weighted by molar-refractivity contribution is 5.76. The van der Waals surface area contributed by atoms with E-state index < -0.39 is 0 Å². The van der Waals surface area contributed by atoms with Crippen molar-refractivity contribution in [2.45, 2.75) is 31.4 Å². The van der Waals surface area contributed by atoms with Crippen molar-refractivity contribution in [1.29, 1.82) is 0 Å². The molecule has 0 saturated carbocycles. The van der Waals surface area contributed by atoms with Crippen LogP contribution in [0.15, 0.2) is 37.1 Å². The van der Waals surface area contributed by atoms with Gasteiger partial charge < -0.3 is 4.74 Å². The van der Waals surface area contributed by atoms with E-state index in [9.17, 15) is 4.39 Å². The van der Waals surface area contributed by atoms with Gasteiger partial charge in [-0.1, -0.05) is 0 Å². The van der Waals surface area contributed by atoms with Crippen molar-refractivity contribution in [3.8, 4) is 11.1 Å². The van der Waals surface area contributed by atoms with Crippen LogP contribution in [0.3, 0.4) is 0 Å². The zero-order chi connectivity index (χ0) is 17.6. The fraction of sp³-hybridized carbons (Fsp3) is 0.421. The quantitative estimate of drug-likeness (QED) is 0.725. The third kappa shape index (κ3) is 2.68. The largest absolute Gasteiger partial charge is 0.375 e.